The predicted molar refractivity (Wildman–Crippen MR) is 91.4 cm³/mol. The Morgan fingerprint density at radius 2 is 2.30 bits per heavy atom. The molecule has 0 bridgehead atoms. The Labute approximate surface area is 140 Å². The Morgan fingerprint density at radius 1 is 1.43 bits per heavy atom. The van der Waals surface area contributed by atoms with E-state index in [0.717, 1.165) is 39.2 Å². The summed E-state index contributed by atoms with van der Waals surface area (Å²) in [6, 6.07) is 0.365. The van der Waals surface area contributed by atoms with Gasteiger partial charge in [0.25, 0.3) is 0 Å². The zero-order chi connectivity index (χ0) is 16.2. The molecule has 2 saturated heterocycles. The lowest BCUT2D eigenvalue weighted by molar-refractivity contribution is -0.125. The molecular weight excluding hydrogens is 290 g/mol. The van der Waals surface area contributed by atoms with Crippen LogP contribution in [0.1, 0.15) is 39.0 Å². The van der Waals surface area contributed by atoms with E-state index in [1.807, 2.05) is 6.92 Å². The minimum Gasteiger partial charge on any atom is -0.374 e. The molecule has 1 aliphatic carbocycles. The third-order valence-corrected chi connectivity index (χ3v) is 5.66. The number of hydrogen-bond donors (Lipinski definition) is 1. The maximum absolute atomic E-state index is 12.4. The molecule has 0 aromatic rings. The Balaban J connectivity index is 1.43. The molecule has 0 aromatic heterocycles. The lowest BCUT2D eigenvalue weighted by Gasteiger charge is -2.33. The smallest absolute Gasteiger partial charge is 0.237 e. The number of likely N-dealkylation sites (tertiary alicyclic amines) is 1. The van der Waals surface area contributed by atoms with Crippen molar-refractivity contribution in [1.29, 1.82) is 0 Å². The number of morpholine rings is 1. The molecule has 1 N–H and O–H groups in total. The number of rotatable bonds is 5. The van der Waals surface area contributed by atoms with Crippen molar-refractivity contribution in [2.24, 2.45) is 0 Å². The molecule has 0 unspecified atom stereocenters. The predicted octanol–water partition coefficient (Wildman–Crippen LogP) is 1.40. The third-order valence-electron chi connectivity index (χ3n) is 5.66. The van der Waals surface area contributed by atoms with Crippen molar-refractivity contribution >= 4 is 5.91 Å². The van der Waals surface area contributed by atoms with Gasteiger partial charge in [-0.1, -0.05) is 11.6 Å². The fourth-order valence-corrected chi connectivity index (χ4v) is 3.99. The molecule has 3 atom stereocenters. The SMILES string of the molecule is C[C@H](C(=O)NCCC1=CCCCC1)N1C[C@@H]2OCCN(C)[C@H]2C1. The van der Waals surface area contributed by atoms with Gasteiger partial charge in [-0.15, -0.1) is 0 Å². The monoisotopic (exact) mass is 321 g/mol. The number of carbonyl (C=O) groups is 1. The average Bonchev–Trinajstić information content (AvgIpc) is 3.00. The molecule has 2 aliphatic heterocycles. The highest BCUT2D eigenvalue weighted by Crippen LogP contribution is 2.23. The van der Waals surface area contributed by atoms with E-state index in [-0.39, 0.29) is 18.1 Å². The topological polar surface area (TPSA) is 44.8 Å². The molecule has 5 nitrogen and oxygen atoms in total. The van der Waals surface area contributed by atoms with Crippen LogP contribution in [0.3, 0.4) is 0 Å². The van der Waals surface area contributed by atoms with E-state index in [9.17, 15) is 4.79 Å². The van der Waals surface area contributed by atoms with E-state index < -0.39 is 0 Å². The summed E-state index contributed by atoms with van der Waals surface area (Å²) in [6.45, 7) is 6.39. The summed E-state index contributed by atoms with van der Waals surface area (Å²) >= 11 is 0. The number of nitrogens with one attached hydrogen (secondary N) is 1. The minimum atomic E-state index is -0.0714. The zero-order valence-electron chi connectivity index (χ0n) is 14.6. The number of nitrogens with zero attached hydrogens (tertiary/aromatic N) is 2. The van der Waals surface area contributed by atoms with Crippen LogP contribution in [-0.4, -0.2) is 73.7 Å². The van der Waals surface area contributed by atoms with Crippen LogP contribution in [0.5, 0.6) is 0 Å². The Kier molecular flexibility index (Phi) is 5.72. The molecule has 2 fully saturated rings. The molecule has 23 heavy (non-hydrogen) atoms. The molecule has 0 aromatic carbocycles. The molecule has 0 radical (unpaired) electrons. The van der Waals surface area contributed by atoms with Crippen molar-refractivity contribution in [2.75, 3.05) is 39.8 Å². The van der Waals surface area contributed by atoms with Crippen molar-refractivity contribution in [2.45, 2.75) is 57.2 Å². The Hall–Kier alpha value is -0.910. The van der Waals surface area contributed by atoms with Crippen LogP contribution in [0.2, 0.25) is 0 Å². The highest BCUT2D eigenvalue weighted by molar-refractivity contribution is 5.81. The van der Waals surface area contributed by atoms with Gasteiger partial charge in [0.15, 0.2) is 0 Å². The number of hydrogen-bond acceptors (Lipinski definition) is 4. The van der Waals surface area contributed by atoms with E-state index in [2.05, 4.69) is 28.2 Å². The first-order chi connectivity index (χ1) is 11.1. The molecule has 0 saturated carbocycles. The van der Waals surface area contributed by atoms with E-state index in [4.69, 9.17) is 4.74 Å². The summed E-state index contributed by atoms with van der Waals surface area (Å²) in [4.78, 5) is 17.1. The van der Waals surface area contributed by atoms with Crippen LogP contribution >= 0.6 is 0 Å². The second-order valence-electron chi connectivity index (χ2n) is 7.24. The summed E-state index contributed by atoms with van der Waals surface area (Å²) in [5.74, 6) is 0.155. The highest BCUT2D eigenvalue weighted by atomic mass is 16.5. The molecule has 0 spiro atoms. The van der Waals surface area contributed by atoms with Gasteiger partial charge in [-0.25, -0.2) is 0 Å². The average molecular weight is 321 g/mol. The van der Waals surface area contributed by atoms with E-state index in [1.54, 1.807) is 0 Å². The maximum Gasteiger partial charge on any atom is 0.237 e. The first kappa shape index (κ1) is 16.9. The van der Waals surface area contributed by atoms with Crippen LogP contribution in [0.15, 0.2) is 11.6 Å². The van der Waals surface area contributed by atoms with Crippen molar-refractivity contribution in [1.82, 2.24) is 15.1 Å². The summed E-state index contributed by atoms with van der Waals surface area (Å²) in [6.07, 6.45) is 8.68. The van der Waals surface area contributed by atoms with Crippen LogP contribution < -0.4 is 5.32 Å². The molecule has 2 heterocycles. The number of fused-ring (bicyclic) bond motifs is 1. The van der Waals surface area contributed by atoms with Gasteiger partial charge in [-0.3, -0.25) is 14.6 Å². The van der Waals surface area contributed by atoms with E-state index in [0.29, 0.717) is 6.04 Å². The number of carbonyl (C=O) groups excluding carboxylic acids is 1. The first-order valence-electron chi connectivity index (χ1n) is 9.16. The zero-order valence-corrected chi connectivity index (χ0v) is 14.6. The fraction of sp³-hybridized carbons (Fsp3) is 0.833. The maximum atomic E-state index is 12.4. The number of ether oxygens (including phenoxy) is 1. The largest absolute Gasteiger partial charge is 0.374 e. The number of likely N-dealkylation sites (N-methyl/N-ethyl adjacent to an activating group) is 1. The summed E-state index contributed by atoms with van der Waals surface area (Å²) in [5.41, 5.74) is 1.52. The third kappa shape index (κ3) is 4.14. The van der Waals surface area contributed by atoms with Gasteiger partial charge in [0.2, 0.25) is 5.91 Å². The quantitative estimate of drug-likeness (QED) is 0.778. The lowest BCUT2D eigenvalue weighted by atomic mass is 9.97. The van der Waals surface area contributed by atoms with Crippen LogP contribution in [0.4, 0.5) is 0 Å². The normalized spacial score (nSPS) is 30.6. The molecule has 3 aliphatic rings. The minimum absolute atomic E-state index is 0.0714. The second kappa shape index (κ2) is 7.77. The van der Waals surface area contributed by atoms with Gasteiger partial charge >= 0.3 is 0 Å². The fourth-order valence-electron chi connectivity index (χ4n) is 3.99. The van der Waals surface area contributed by atoms with Crippen LogP contribution in [0, 0.1) is 0 Å². The van der Waals surface area contributed by atoms with Crippen molar-refractivity contribution in [3.05, 3.63) is 11.6 Å². The standard InChI is InChI=1S/C18H31N3O2/c1-14(18(22)19-9-8-15-6-4-3-5-7-15)21-12-16-17(13-21)23-11-10-20(16)2/h6,14,16-17H,3-5,7-13H2,1-2H3,(H,19,22)/t14-,16+,17+/m1/s1. The van der Waals surface area contributed by atoms with E-state index >= 15 is 0 Å². The molecule has 1 amide bonds. The summed E-state index contributed by atoms with van der Waals surface area (Å²) < 4.78 is 5.87. The number of amides is 1. The molecule has 3 rings (SSSR count). The molecular formula is C18H31N3O2. The number of allylic oxidation sites excluding steroid dienone is 1. The van der Waals surface area contributed by atoms with Crippen molar-refractivity contribution in [3.8, 4) is 0 Å². The van der Waals surface area contributed by atoms with Gasteiger partial charge in [-0.05, 0) is 46.1 Å². The van der Waals surface area contributed by atoms with Gasteiger partial charge in [0.05, 0.1) is 18.8 Å². The Bertz CT molecular complexity index is 452. The highest BCUT2D eigenvalue weighted by Gasteiger charge is 2.41. The lowest BCUT2D eigenvalue weighted by Crippen LogP contribution is -2.48. The first-order valence-corrected chi connectivity index (χ1v) is 9.16. The Morgan fingerprint density at radius 3 is 3.04 bits per heavy atom. The molecule has 130 valence electrons. The van der Waals surface area contributed by atoms with Crippen molar-refractivity contribution < 1.29 is 9.53 Å². The van der Waals surface area contributed by atoms with Gasteiger partial charge < -0.3 is 10.1 Å². The summed E-state index contributed by atoms with van der Waals surface area (Å²) in [5, 5.41) is 3.12. The van der Waals surface area contributed by atoms with Crippen LogP contribution in [0.25, 0.3) is 0 Å². The van der Waals surface area contributed by atoms with Crippen molar-refractivity contribution in [3.63, 3.8) is 0 Å². The van der Waals surface area contributed by atoms with Gasteiger partial charge in [0, 0.05) is 32.2 Å². The van der Waals surface area contributed by atoms with Crippen LogP contribution in [-0.2, 0) is 9.53 Å². The molecule has 5 heteroatoms. The summed E-state index contributed by atoms with van der Waals surface area (Å²) in [7, 11) is 2.16. The van der Waals surface area contributed by atoms with Gasteiger partial charge in [0.1, 0.15) is 0 Å². The second-order valence-corrected chi connectivity index (χ2v) is 7.24. The van der Waals surface area contributed by atoms with E-state index in [1.165, 1.54) is 31.3 Å². The van der Waals surface area contributed by atoms with Gasteiger partial charge in [-0.2, -0.15) is 0 Å².